The lowest BCUT2D eigenvalue weighted by atomic mass is 10.0. The Hall–Kier alpha value is -2.31. The van der Waals surface area contributed by atoms with Crippen molar-refractivity contribution in [2.45, 2.75) is 25.3 Å². The Labute approximate surface area is 157 Å². The zero-order chi connectivity index (χ0) is 17.8. The molecule has 0 aliphatic carbocycles. The van der Waals surface area contributed by atoms with Gasteiger partial charge in [0.15, 0.2) is 0 Å². The Morgan fingerprint density at radius 3 is 2.88 bits per heavy atom. The lowest BCUT2D eigenvalue weighted by Crippen LogP contribution is -2.40. The van der Waals surface area contributed by atoms with Gasteiger partial charge in [-0.15, -0.1) is 11.3 Å². The average molecular weight is 366 g/mol. The van der Waals surface area contributed by atoms with Crippen molar-refractivity contribution in [1.29, 1.82) is 0 Å². The molecule has 1 aliphatic heterocycles. The van der Waals surface area contributed by atoms with Crippen LogP contribution in [0.25, 0.3) is 10.2 Å². The molecule has 134 valence electrons. The number of nitrogens with one attached hydrogen (secondary N) is 1. The standard InChI is InChI=1S/C20H22N4OS/c25-20(16-7-4-8-17-19(16)26-14-23-17)22-13-18(15-6-5-9-21-12-15)24-10-2-1-3-11-24/h4-9,12,14,18H,1-3,10-11,13H2,(H,22,25). The number of hydrogen-bond acceptors (Lipinski definition) is 5. The largest absolute Gasteiger partial charge is 0.350 e. The summed E-state index contributed by atoms with van der Waals surface area (Å²) in [6.45, 7) is 2.72. The number of rotatable bonds is 5. The highest BCUT2D eigenvalue weighted by atomic mass is 32.1. The number of fused-ring (bicyclic) bond motifs is 1. The van der Waals surface area contributed by atoms with E-state index in [-0.39, 0.29) is 11.9 Å². The highest BCUT2D eigenvalue weighted by Crippen LogP contribution is 2.25. The van der Waals surface area contributed by atoms with Crippen LogP contribution >= 0.6 is 11.3 Å². The van der Waals surface area contributed by atoms with Crippen LogP contribution in [0.1, 0.15) is 41.2 Å². The molecule has 1 atom stereocenters. The van der Waals surface area contributed by atoms with Gasteiger partial charge in [-0.1, -0.05) is 18.6 Å². The quantitative estimate of drug-likeness (QED) is 0.749. The number of carbonyl (C=O) groups is 1. The van der Waals surface area contributed by atoms with Gasteiger partial charge in [0, 0.05) is 18.9 Å². The predicted molar refractivity (Wildman–Crippen MR) is 104 cm³/mol. The van der Waals surface area contributed by atoms with Crippen molar-refractivity contribution in [3.8, 4) is 0 Å². The van der Waals surface area contributed by atoms with Gasteiger partial charge in [0.1, 0.15) is 0 Å². The SMILES string of the molecule is O=C(NCC(c1cccnc1)N1CCCCC1)c1cccc2ncsc12. The Bertz CT molecular complexity index is 874. The first-order valence-corrected chi connectivity index (χ1v) is 9.95. The molecule has 26 heavy (non-hydrogen) atoms. The van der Waals surface area contributed by atoms with E-state index in [1.54, 1.807) is 11.7 Å². The van der Waals surface area contributed by atoms with Crippen molar-refractivity contribution in [2.75, 3.05) is 19.6 Å². The number of carbonyl (C=O) groups excluding carboxylic acids is 1. The smallest absolute Gasteiger partial charge is 0.252 e. The Kier molecular flexibility index (Phi) is 5.22. The maximum atomic E-state index is 12.8. The van der Waals surface area contributed by atoms with Crippen LogP contribution in [0.4, 0.5) is 0 Å². The second-order valence-electron chi connectivity index (χ2n) is 6.61. The predicted octanol–water partition coefficient (Wildman–Crippen LogP) is 3.65. The summed E-state index contributed by atoms with van der Waals surface area (Å²) >= 11 is 1.51. The van der Waals surface area contributed by atoms with Crippen LogP contribution in [0.3, 0.4) is 0 Å². The van der Waals surface area contributed by atoms with Crippen LogP contribution in [-0.2, 0) is 0 Å². The summed E-state index contributed by atoms with van der Waals surface area (Å²) in [5.41, 5.74) is 4.52. The number of amides is 1. The Morgan fingerprint density at radius 1 is 1.19 bits per heavy atom. The van der Waals surface area contributed by atoms with Crippen molar-refractivity contribution in [3.05, 3.63) is 59.4 Å². The first-order valence-electron chi connectivity index (χ1n) is 9.07. The van der Waals surface area contributed by atoms with Gasteiger partial charge in [-0.25, -0.2) is 4.98 Å². The van der Waals surface area contributed by atoms with Crippen molar-refractivity contribution in [1.82, 2.24) is 20.2 Å². The van der Waals surface area contributed by atoms with E-state index in [1.807, 2.05) is 30.5 Å². The molecule has 0 bridgehead atoms. The van der Waals surface area contributed by atoms with Gasteiger partial charge in [0.05, 0.1) is 27.3 Å². The molecule has 1 amide bonds. The number of piperidine rings is 1. The molecule has 1 aromatic carbocycles. The molecule has 1 saturated heterocycles. The van der Waals surface area contributed by atoms with Crippen molar-refractivity contribution >= 4 is 27.5 Å². The van der Waals surface area contributed by atoms with Crippen LogP contribution in [0, 0.1) is 0 Å². The summed E-state index contributed by atoms with van der Waals surface area (Å²) in [5, 5.41) is 3.15. The number of likely N-dealkylation sites (tertiary alicyclic amines) is 1. The van der Waals surface area contributed by atoms with Gasteiger partial charge >= 0.3 is 0 Å². The number of benzene rings is 1. The van der Waals surface area contributed by atoms with Crippen LogP contribution in [-0.4, -0.2) is 40.4 Å². The molecule has 0 saturated carbocycles. The molecule has 4 rings (SSSR count). The molecular formula is C20H22N4OS. The van der Waals surface area contributed by atoms with E-state index in [1.165, 1.54) is 30.6 Å². The summed E-state index contributed by atoms with van der Waals surface area (Å²) in [4.78, 5) is 23.8. The Balaban J connectivity index is 1.52. The van der Waals surface area contributed by atoms with Gasteiger partial charge in [0.25, 0.3) is 5.91 Å². The summed E-state index contributed by atoms with van der Waals surface area (Å²) < 4.78 is 0.945. The molecule has 2 aromatic heterocycles. The van der Waals surface area contributed by atoms with Crippen LogP contribution < -0.4 is 5.32 Å². The molecule has 1 aliphatic rings. The van der Waals surface area contributed by atoms with E-state index in [9.17, 15) is 4.79 Å². The van der Waals surface area contributed by atoms with Crippen LogP contribution in [0.5, 0.6) is 0 Å². The van der Waals surface area contributed by atoms with Gasteiger partial charge in [-0.3, -0.25) is 14.7 Å². The molecule has 5 nitrogen and oxygen atoms in total. The van der Waals surface area contributed by atoms with E-state index < -0.39 is 0 Å². The molecular weight excluding hydrogens is 344 g/mol. The topological polar surface area (TPSA) is 58.1 Å². The maximum Gasteiger partial charge on any atom is 0.252 e. The second kappa shape index (κ2) is 7.93. The van der Waals surface area contributed by atoms with E-state index in [0.29, 0.717) is 12.1 Å². The third-order valence-corrected chi connectivity index (χ3v) is 5.83. The van der Waals surface area contributed by atoms with Crippen molar-refractivity contribution in [3.63, 3.8) is 0 Å². The Morgan fingerprint density at radius 2 is 2.08 bits per heavy atom. The molecule has 0 radical (unpaired) electrons. The molecule has 6 heteroatoms. The summed E-state index contributed by atoms with van der Waals surface area (Å²) in [7, 11) is 0. The molecule has 1 unspecified atom stereocenters. The third-order valence-electron chi connectivity index (χ3n) is 4.96. The maximum absolute atomic E-state index is 12.8. The lowest BCUT2D eigenvalue weighted by Gasteiger charge is -2.34. The molecule has 1 fully saturated rings. The van der Waals surface area contributed by atoms with E-state index in [2.05, 4.69) is 26.3 Å². The van der Waals surface area contributed by atoms with Gasteiger partial charge < -0.3 is 5.32 Å². The molecule has 3 aromatic rings. The molecule has 1 N–H and O–H groups in total. The molecule has 3 heterocycles. The summed E-state index contributed by atoms with van der Waals surface area (Å²) in [6.07, 6.45) is 7.42. The van der Waals surface area contributed by atoms with Gasteiger partial charge in [-0.2, -0.15) is 0 Å². The van der Waals surface area contributed by atoms with E-state index >= 15 is 0 Å². The van der Waals surface area contributed by atoms with Crippen molar-refractivity contribution < 1.29 is 4.79 Å². The zero-order valence-electron chi connectivity index (χ0n) is 14.6. The summed E-state index contributed by atoms with van der Waals surface area (Å²) in [5.74, 6) is -0.0363. The number of aromatic nitrogens is 2. The summed E-state index contributed by atoms with van der Waals surface area (Å²) in [6, 6.07) is 9.92. The fourth-order valence-electron chi connectivity index (χ4n) is 3.61. The fourth-order valence-corrected chi connectivity index (χ4v) is 4.41. The monoisotopic (exact) mass is 366 g/mol. The highest BCUT2D eigenvalue weighted by Gasteiger charge is 2.23. The third kappa shape index (κ3) is 3.61. The van der Waals surface area contributed by atoms with Crippen LogP contribution in [0.2, 0.25) is 0 Å². The number of nitrogens with zero attached hydrogens (tertiary/aromatic N) is 3. The number of pyridine rings is 1. The van der Waals surface area contributed by atoms with Crippen LogP contribution in [0.15, 0.2) is 48.2 Å². The first kappa shape index (κ1) is 17.1. The normalized spacial score (nSPS) is 16.5. The minimum Gasteiger partial charge on any atom is -0.350 e. The molecule has 0 spiro atoms. The van der Waals surface area contributed by atoms with E-state index in [4.69, 9.17) is 0 Å². The highest BCUT2D eigenvalue weighted by molar-refractivity contribution is 7.17. The van der Waals surface area contributed by atoms with E-state index in [0.717, 1.165) is 28.9 Å². The van der Waals surface area contributed by atoms with Gasteiger partial charge in [-0.05, 0) is 49.7 Å². The first-order chi connectivity index (χ1) is 12.8. The number of thiazole rings is 1. The van der Waals surface area contributed by atoms with Crippen molar-refractivity contribution in [2.24, 2.45) is 0 Å². The number of hydrogen-bond donors (Lipinski definition) is 1. The zero-order valence-corrected chi connectivity index (χ0v) is 15.4. The van der Waals surface area contributed by atoms with Gasteiger partial charge in [0.2, 0.25) is 0 Å². The fraction of sp³-hybridized carbons (Fsp3) is 0.350. The second-order valence-corrected chi connectivity index (χ2v) is 7.47. The minimum atomic E-state index is -0.0363. The average Bonchev–Trinajstić information content (AvgIpc) is 3.18. The lowest BCUT2D eigenvalue weighted by molar-refractivity contribution is 0.0926. The minimum absolute atomic E-state index is 0.0363.